The zero-order valence-corrected chi connectivity index (χ0v) is 16.8. The van der Waals surface area contributed by atoms with E-state index in [9.17, 15) is 19.2 Å². The molecule has 1 aromatic rings. The molecule has 4 fully saturated rings. The second kappa shape index (κ2) is 7.41. The van der Waals surface area contributed by atoms with Crippen LogP contribution in [-0.4, -0.2) is 65.3 Å². The van der Waals surface area contributed by atoms with Crippen LogP contribution in [0.3, 0.4) is 0 Å². The number of urea groups is 1. The van der Waals surface area contributed by atoms with Gasteiger partial charge < -0.3 is 15.1 Å². The molecule has 1 aromatic carbocycles. The fourth-order valence-electron chi connectivity index (χ4n) is 5.61. The van der Waals surface area contributed by atoms with E-state index in [2.05, 4.69) is 5.32 Å². The summed E-state index contributed by atoms with van der Waals surface area (Å²) in [4.78, 5) is 55.4. The Hall–Kier alpha value is -2.90. The van der Waals surface area contributed by atoms with Crippen molar-refractivity contribution in [2.45, 2.75) is 44.2 Å². The van der Waals surface area contributed by atoms with Gasteiger partial charge in [0.1, 0.15) is 6.04 Å². The first-order valence-corrected chi connectivity index (χ1v) is 10.8. The zero-order valence-electron chi connectivity index (χ0n) is 16.8. The number of piperidine rings is 3. The average molecular weight is 410 g/mol. The quantitative estimate of drug-likeness (QED) is 0.762. The van der Waals surface area contributed by atoms with Gasteiger partial charge in [0.15, 0.2) is 0 Å². The van der Waals surface area contributed by atoms with Gasteiger partial charge in [0.05, 0.1) is 12.1 Å². The van der Waals surface area contributed by atoms with Gasteiger partial charge in [-0.25, -0.2) is 9.69 Å². The van der Waals surface area contributed by atoms with Crippen LogP contribution in [-0.2, 0) is 14.4 Å². The van der Waals surface area contributed by atoms with E-state index in [-0.39, 0.29) is 30.2 Å². The maximum Gasteiger partial charge on any atom is 0.329 e. The minimum atomic E-state index is -0.834. The number of fused-ring (bicyclic) bond motifs is 4. The molecule has 4 aliphatic rings. The summed E-state index contributed by atoms with van der Waals surface area (Å²) < 4.78 is 0. The average Bonchev–Trinajstić information content (AvgIpc) is 3.02. The Balaban J connectivity index is 1.25. The van der Waals surface area contributed by atoms with Crippen LogP contribution in [0.5, 0.6) is 0 Å². The second-order valence-corrected chi connectivity index (χ2v) is 8.88. The van der Waals surface area contributed by atoms with Crippen LogP contribution in [0.15, 0.2) is 30.3 Å². The lowest BCUT2D eigenvalue weighted by Gasteiger charge is -2.52. The van der Waals surface area contributed by atoms with Gasteiger partial charge in [-0.2, -0.15) is 0 Å². The molecule has 4 aliphatic heterocycles. The maximum absolute atomic E-state index is 13.0. The van der Waals surface area contributed by atoms with E-state index in [0.29, 0.717) is 37.0 Å². The van der Waals surface area contributed by atoms with E-state index in [0.717, 1.165) is 30.7 Å². The van der Waals surface area contributed by atoms with Gasteiger partial charge in [0, 0.05) is 32.1 Å². The lowest BCUT2D eigenvalue weighted by molar-refractivity contribution is -0.149. The molecule has 4 heterocycles. The summed E-state index contributed by atoms with van der Waals surface area (Å²) in [5.74, 6) is 0.358. The summed E-state index contributed by atoms with van der Waals surface area (Å²) in [5.41, 5.74) is 0.504. The van der Waals surface area contributed by atoms with Crippen molar-refractivity contribution in [2.75, 3.05) is 24.5 Å². The molecule has 8 heteroatoms. The zero-order chi connectivity index (χ0) is 20.8. The number of amides is 5. The smallest absolute Gasteiger partial charge is 0.329 e. The largest absolute Gasteiger partial charge is 0.342 e. The van der Waals surface area contributed by atoms with Crippen LogP contribution in [0.4, 0.5) is 10.5 Å². The molecular weight excluding hydrogens is 384 g/mol. The van der Waals surface area contributed by atoms with Gasteiger partial charge in [0.2, 0.25) is 11.8 Å². The van der Waals surface area contributed by atoms with Gasteiger partial charge in [-0.15, -0.1) is 0 Å². The molecule has 0 spiro atoms. The molecule has 5 amide bonds. The van der Waals surface area contributed by atoms with Crippen LogP contribution in [0.2, 0.25) is 0 Å². The van der Waals surface area contributed by atoms with Gasteiger partial charge in [-0.3, -0.25) is 14.4 Å². The number of nitrogens with zero attached hydrogens (tertiary/aromatic N) is 3. The van der Waals surface area contributed by atoms with E-state index in [1.54, 1.807) is 24.3 Å². The molecule has 0 radical (unpaired) electrons. The van der Waals surface area contributed by atoms with Crippen molar-refractivity contribution in [2.24, 2.45) is 11.8 Å². The minimum Gasteiger partial charge on any atom is -0.342 e. The first kappa shape index (κ1) is 19.1. The van der Waals surface area contributed by atoms with Crippen LogP contribution in [0.25, 0.3) is 0 Å². The van der Waals surface area contributed by atoms with Crippen molar-refractivity contribution >= 4 is 29.4 Å². The summed E-state index contributed by atoms with van der Waals surface area (Å²) in [6.07, 6.45) is 3.60. The van der Waals surface area contributed by atoms with Gasteiger partial charge in [0.25, 0.3) is 5.91 Å². The monoisotopic (exact) mass is 410 g/mol. The second-order valence-electron chi connectivity index (χ2n) is 8.88. The third-order valence-corrected chi connectivity index (χ3v) is 6.94. The molecule has 30 heavy (non-hydrogen) atoms. The van der Waals surface area contributed by atoms with Gasteiger partial charge >= 0.3 is 6.03 Å². The summed E-state index contributed by atoms with van der Waals surface area (Å²) >= 11 is 0. The highest BCUT2D eigenvalue weighted by molar-refractivity contribution is 6.22. The van der Waals surface area contributed by atoms with Crippen molar-refractivity contribution in [1.29, 1.82) is 0 Å². The number of carbonyl (C=O) groups is 4. The first-order chi connectivity index (χ1) is 14.5. The SMILES string of the molecule is O=C(C[C@@H]1NC(=O)N(c2ccccc2)C1=O)N1C[C@H]2C[C@@H](C1)[C@H]1CCCC(=O)N1C2. The van der Waals surface area contributed by atoms with Crippen LogP contribution in [0, 0.1) is 11.8 Å². The molecule has 1 N–H and O–H groups in total. The van der Waals surface area contributed by atoms with E-state index in [1.165, 1.54) is 0 Å². The molecule has 0 unspecified atom stereocenters. The molecule has 4 saturated heterocycles. The van der Waals surface area contributed by atoms with Crippen molar-refractivity contribution in [1.82, 2.24) is 15.1 Å². The predicted octanol–water partition coefficient (Wildman–Crippen LogP) is 1.36. The Kier molecular flexibility index (Phi) is 4.72. The van der Waals surface area contributed by atoms with Gasteiger partial charge in [-0.05, 0) is 43.2 Å². The van der Waals surface area contributed by atoms with E-state index in [4.69, 9.17) is 0 Å². The lowest BCUT2D eigenvalue weighted by Crippen LogP contribution is -2.61. The number of imide groups is 1. The molecule has 0 aromatic heterocycles. The molecular formula is C22H26N4O4. The van der Waals surface area contributed by atoms with Crippen molar-refractivity contribution in [3.8, 4) is 0 Å². The van der Waals surface area contributed by atoms with E-state index in [1.807, 2.05) is 15.9 Å². The Morgan fingerprint density at radius 3 is 2.67 bits per heavy atom. The number of likely N-dealkylation sites (tertiary alicyclic amines) is 1. The highest BCUT2D eigenvalue weighted by atomic mass is 16.2. The van der Waals surface area contributed by atoms with Crippen LogP contribution in [0.1, 0.15) is 32.1 Å². The number of hydrogen-bond donors (Lipinski definition) is 1. The Labute approximate surface area is 175 Å². The maximum atomic E-state index is 13.0. The van der Waals surface area contributed by atoms with Crippen molar-refractivity contribution in [3.63, 3.8) is 0 Å². The standard InChI is InChI=1S/C22H26N4O4/c27-19-8-4-7-18-15-9-14(12-25(18)19)11-24(13-15)20(28)10-17-21(29)26(22(30)23-17)16-5-2-1-3-6-16/h1-3,5-6,14-15,17-18H,4,7-13H2,(H,23,30)/t14-,15+,17+,18-/m1/s1. The molecule has 0 aliphatic carbocycles. The fraction of sp³-hybridized carbons (Fsp3) is 0.545. The number of para-hydroxylation sites is 1. The summed E-state index contributed by atoms with van der Waals surface area (Å²) in [6, 6.07) is 7.66. The molecule has 8 nitrogen and oxygen atoms in total. The molecule has 5 rings (SSSR count). The number of hydrogen-bond acceptors (Lipinski definition) is 4. The first-order valence-electron chi connectivity index (χ1n) is 10.8. The topological polar surface area (TPSA) is 90.0 Å². The van der Waals surface area contributed by atoms with Crippen molar-refractivity contribution in [3.05, 3.63) is 30.3 Å². The minimum absolute atomic E-state index is 0.0271. The number of nitrogens with one attached hydrogen (secondary N) is 1. The third-order valence-electron chi connectivity index (χ3n) is 6.94. The van der Waals surface area contributed by atoms with Crippen LogP contribution >= 0.6 is 0 Å². The molecule has 2 bridgehead atoms. The fourth-order valence-corrected chi connectivity index (χ4v) is 5.61. The summed E-state index contributed by atoms with van der Waals surface area (Å²) in [6.45, 7) is 1.97. The normalized spacial score (nSPS) is 30.9. The Morgan fingerprint density at radius 1 is 1.07 bits per heavy atom. The third kappa shape index (κ3) is 3.24. The summed E-state index contributed by atoms with van der Waals surface area (Å²) in [5, 5.41) is 2.66. The Morgan fingerprint density at radius 2 is 1.87 bits per heavy atom. The molecule has 158 valence electrons. The molecule has 0 saturated carbocycles. The number of benzene rings is 1. The summed E-state index contributed by atoms with van der Waals surface area (Å²) in [7, 11) is 0. The van der Waals surface area contributed by atoms with Crippen molar-refractivity contribution < 1.29 is 19.2 Å². The number of carbonyl (C=O) groups excluding carboxylic acids is 4. The number of anilines is 1. The highest BCUT2D eigenvalue weighted by Crippen LogP contribution is 2.38. The van der Waals surface area contributed by atoms with Crippen LogP contribution < -0.4 is 10.2 Å². The molecule has 4 atom stereocenters. The van der Waals surface area contributed by atoms with E-state index >= 15 is 0 Å². The predicted molar refractivity (Wildman–Crippen MR) is 108 cm³/mol. The number of rotatable bonds is 3. The Bertz CT molecular complexity index is 888. The lowest BCUT2D eigenvalue weighted by atomic mass is 9.76. The highest BCUT2D eigenvalue weighted by Gasteiger charge is 2.46. The van der Waals surface area contributed by atoms with Gasteiger partial charge in [-0.1, -0.05) is 18.2 Å². The van der Waals surface area contributed by atoms with E-state index < -0.39 is 12.1 Å².